The molecule has 2 nitrogen and oxygen atoms in total. The van der Waals surface area contributed by atoms with Gasteiger partial charge in [-0.25, -0.2) is 0 Å². The molecule has 18 heavy (non-hydrogen) atoms. The first-order valence-electron chi connectivity index (χ1n) is 6.60. The normalized spacial score (nSPS) is 13.0. The Labute approximate surface area is 118 Å². The van der Waals surface area contributed by atoms with E-state index in [1.54, 1.807) is 0 Å². The number of rotatable bonds is 7. The van der Waals surface area contributed by atoms with Gasteiger partial charge in [-0.1, -0.05) is 46.8 Å². The number of carbonyl (C=O) groups is 1. The molecule has 0 aliphatic carbocycles. The van der Waals surface area contributed by atoms with Gasteiger partial charge in [0.1, 0.15) is 5.94 Å². The summed E-state index contributed by atoms with van der Waals surface area (Å²) in [5.41, 5.74) is 0.482. The molecule has 0 bridgehead atoms. The summed E-state index contributed by atoms with van der Waals surface area (Å²) in [7, 11) is 0. The minimum atomic E-state index is -0.153. The van der Waals surface area contributed by atoms with Crippen molar-refractivity contribution in [1.29, 1.82) is 0 Å². The van der Waals surface area contributed by atoms with Crippen molar-refractivity contribution in [3.8, 4) is 0 Å². The summed E-state index contributed by atoms with van der Waals surface area (Å²) in [6.07, 6.45) is 7.94. The van der Waals surface area contributed by atoms with Crippen LogP contribution in [0.5, 0.6) is 0 Å². The average molecular weight is 272 g/mol. The molecule has 0 fully saturated rings. The van der Waals surface area contributed by atoms with Crippen molar-refractivity contribution in [2.75, 3.05) is 5.94 Å². The number of hydrogen-bond donors (Lipinski definition) is 1. The molecule has 0 aromatic heterocycles. The molecule has 0 spiro atoms. The summed E-state index contributed by atoms with van der Waals surface area (Å²) in [6.45, 7) is 11.1. The molecule has 0 amide bonds. The van der Waals surface area contributed by atoms with Gasteiger partial charge in [0.2, 0.25) is 0 Å². The molecule has 0 rings (SSSR count). The Morgan fingerprint density at radius 1 is 1.22 bits per heavy atom. The quantitative estimate of drug-likeness (QED) is 0.317. The second kappa shape index (κ2) is 7.88. The summed E-state index contributed by atoms with van der Waals surface area (Å²) in [5, 5.41) is 0. The summed E-state index contributed by atoms with van der Waals surface area (Å²) in [4.78, 5) is 11.2. The third-order valence-corrected chi connectivity index (χ3v) is 2.86. The highest BCUT2D eigenvalue weighted by atomic mass is 32.1. The van der Waals surface area contributed by atoms with Gasteiger partial charge in [-0.2, -0.15) is 0 Å². The Morgan fingerprint density at radius 2 is 1.83 bits per heavy atom. The van der Waals surface area contributed by atoms with E-state index in [-0.39, 0.29) is 17.3 Å². The zero-order valence-electron chi connectivity index (χ0n) is 12.5. The predicted octanol–water partition coefficient (Wildman–Crippen LogP) is 4.61. The summed E-state index contributed by atoms with van der Waals surface area (Å²) in [6, 6.07) is 0. The zero-order chi connectivity index (χ0) is 14.2. The highest BCUT2D eigenvalue weighted by Crippen LogP contribution is 2.27. The zero-order valence-corrected chi connectivity index (χ0v) is 13.3. The van der Waals surface area contributed by atoms with E-state index in [0.29, 0.717) is 11.8 Å². The Morgan fingerprint density at radius 3 is 2.33 bits per heavy atom. The third kappa shape index (κ3) is 10.7. The maximum atomic E-state index is 11.2. The minimum Gasteiger partial charge on any atom is -0.455 e. The van der Waals surface area contributed by atoms with Crippen LogP contribution in [-0.2, 0) is 9.53 Å². The van der Waals surface area contributed by atoms with E-state index >= 15 is 0 Å². The molecule has 0 radical (unpaired) electrons. The monoisotopic (exact) mass is 272 g/mol. The largest absolute Gasteiger partial charge is 0.455 e. The number of thiol groups is 1. The van der Waals surface area contributed by atoms with E-state index in [4.69, 9.17) is 4.74 Å². The van der Waals surface area contributed by atoms with Crippen molar-refractivity contribution in [2.24, 2.45) is 10.8 Å². The molecule has 0 heterocycles. The first-order chi connectivity index (χ1) is 8.16. The Kier molecular flexibility index (Phi) is 7.69. The van der Waals surface area contributed by atoms with Crippen molar-refractivity contribution < 1.29 is 9.53 Å². The first kappa shape index (κ1) is 17.6. The van der Waals surface area contributed by atoms with Gasteiger partial charge in [0, 0.05) is 6.42 Å². The second-order valence-electron chi connectivity index (χ2n) is 6.65. The molecule has 0 aromatic rings. The summed E-state index contributed by atoms with van der Waals surface area (Å²) >= 11 is 3.86. The standard InChI is InChI=1S/C15H28O2S/c1-14(2,3)9-7-11-15(4,5)10-6-8-13(16)17-12-18/h7,11,18H,6,8-10,12H2,1-5H3. The highest BCUT2D eigenvalue weighted by molar-refractivity contribution is 7.80. The fourth-order valence-corrected chi connectivity index (χ4v) is 1.79. The Bertz CT molecular complexity index is 275. The molecule has 0 N–H and O–H groups in total. The number of allylic oxidation sites excluding steroid dienone is 2. The molecule has 0 atom stereocenters. The molecule has 0 aromatic carbocycles. The lowest BCUT2D eigenvalue weighted by atomic mass is 9.84. The fraction of sp³-hybridized carbons (Fsp3) is 0.800. The van der Waals surface area contributed by atoms with Gasteiger partial charge in [0.25, 0.3) is 0 Å². The van der Waals surface area contributed by atoms with Gasteiger partial charge in [0.05, 0.1) is 0 Å². The lowest BCUT2D eigenvalue weighted by Gasteiger charge is -2.21. The molecule has 106 valence electrons. The van der Waals surface area contributed by atoms with E-state index in [9.17, 15) is 4.79 Å². The molecule has 0 saturated heterocycles. The number of carbonyl (C=O) groups excluding carboxylic acids is 1. The van der Waals surface area contributed by atoms with E-state index in [2.05, 4.69) is 59.4 Å². The molecule has 3 heteroatoms. The van der Waals surface area contributed by atoms with Crippen LogP contribution in [0.3, 0.4) is 0 Å². The molecule has 0 unspecified atom stereocenters. The van der Waals surface area contributed by atoms with Crippen LogP contribution in [0.4, 0.5) is 0 Å². The van der Waals surface area contributed by atoms with E-state index < -0.39 is 0 Å². The predicted molar refractivity (Wildman–Crippen MR) is 80.8 cm³/mol. The van der Waals surface area contributed by atoms with Crippen LogP contribution in [0.15, 0.2) is 12.2 Å². The van der Waals surface area contributed by atoms with Crippen molar-refractivity contribution in [1.82, 2.24) is 0 Å². The van der Waals surface area contributed by atoms with Gasteiger partial charge in [-0.05, 0) is 30.1 Å². The van der Waals surface area contributed by atoms with Crippen LogP contribution in [0.2, 0.25) is 0 Å². The molecule has 0 aliphatic rings. The van der Waals surface area contributed by atoms with Gasteiger partial charge >= 0.3 is 5.97 Å². The van der Waals surface area contributed by atoms with Crippen molar-refractivity contribution in [3.63, 3.8) is 0 Å². The third-order valence-electron chi connectivity index (χ3n) is 2.73. The summed E-state index contributed by atoms with van der Waals surface area (Å²) in [5.74, 6) is 0.0210. The lowest BCUT2D eigenvalue weighted by molar-refractivity contribution is -0.141. The Hall–Kier alpha value is -0.440. The van der Waals surface area contributed by atoms with Crippen molar-refractivity contribution in [3.05, 3.63) is 12.2 Å². The lowest BCUT2D eigenvalue weighted by Crippen LogP contribution is -2.10. The van der Waals surface area contributed by atoms with Crippen LogP contribution < -0.4 is 0 Å². The van der Waals surface area contributed by atoms with E-state index in [1.165, 1.54) is 0 Å². The number of esters is 1. The molecular weight excluding hydrogens is 244 g/mol. The number of hydrogen-bond acceptors (Lipinski definition) is 3. The fourth-order valence-electron chi connectivity index (χ4n) is 1.65. The molecular formula is C15H28O2S. The minimum absolute atomic E-state index is 0.145. The van der Waals surface area contributed by atoms with Gasteiger partial charge in [0.15, 0.2) is 0 Å². The van der Waals surface area contributed by atoms with E-state index in [0.717, 1.165) is 19.3 Å². The van der Waals surface area contributed by atoms with Crippen molar-refractivity contribution >= 4 is 18.6 Å². The van der Waals surface area contributed by atoms with Gasteiger partial charge in [-0.3, -0.25) is 4.79 Å². The smallest absolute Gasteiger partial charge is 0.306 e. The summed E-state index contributed by atoms with van der Waals surface area (Å²) < 4.78 is 4.79. The topological polar surface area (TPSA) is 26.3 Å². The number of ether oxygens (including phenoxy) is 1. The maximum Gasteiger partial charge on any atom is 0.306 e. The van der Waals surface area contributed by atoms with Crippen LogP contribution in [0.1, 0.15) is 60.3 Å². The molecule has 0 saturated carbocycles. The van der Waals surface area contributed by atoms with Gasteiger partial charge < -0.3 is 4.74 Å². The van der Waals surface area contributed by atoms with Crippen LogP contribution >= 0.6 is 12.6 Å². The van der Waals surface area contributed by atoms with Crippen LogP contribution in [0, 0.1) is 10.8 Å². The van der Waals surface area contributed by atoms with Crippen LogP contribution in [0.25, 0.3) is 0 Å². The van der Waals surface area contributed by atoms with Gasteiger partial charge in [-0.15, -0.1) is 12.6 Å². The Balaban J connectivity index is 3.97. The highest BCUT2D eigenvalue weighted by Gasteiger charge is 2.15. The first-order valence-corrected chi connectivity index (χ1v) is 7.24. The SMILES string of the molecule is CC(C)(C)CC=CC(C)(C)CCCC(=O)OCS. The average Bonchev–Trinajstić information content (AvgIpc) is 2.14. The second-order valence-corrected chi connectivity index (χ2v) is 6.91. The van der Waals surface area contributed by atoms with E-state index in [1.807, 2.05) is 0 Å². The maximum absolute atomic E-state index is 11.2. The van der Waals surface area contributed by atoms with Crippen molar-refractivity contribution in [2.45, 2.75) is 60.3 Å². The molecule has 0 aliphatic heterocycles. The van der Waals surface area contributed by atoms with Crippen LogP contribution in [-0.4, -0.2) is 11.9 Å².